The van der Waals surface area contributed by atoms with Crippen molar-refractivity contribution in [2.24, 2.45) is 10.4 Å². The third-order valence-corrected chi connectivity index (χ3v) is 3.85. The summed E-state index contributed by atoms with van der Waals surface area (Å²) < 4.78 is 27.5. The van der Waals surface area contributed by atoms with Gasteiger partial charge in [0.2, 0.25) is 0 Å². The second-order valence-corrected chi connectivity index (χ2v) is 8.23. The van der Waals surface area contributed by atoms with E-state index >= 15 is 0 Å². The zero-order valence-corrected chi connectivity index (χ0v) is 14.3. The fourth-order valence-electron chi connectivity index (χ4n) is 1.59. The van der Waals surface area contributed by atoms with Gasteiger partial charge in [-0.3, -0.25) is 4.99 Å². The van der Waals surface area contributed by atoms with Crippen LogP contribution in [0.3, 0.4) is 0 Å². The Morgan fingerprint density at radius 2 is 2.00 bits per heavy atom. The minimum absolute atomic E-state index is 0.120. The monoisotopic (exact) mass is 307 g/mol. The average Bonchev–Trinajstić information content (AvgIpc) is 2.32. The lowest BCUT2D eigenvalue weighted by Crippen LogP contribution is -2.46. The molecular weight excluding hydrogens is 278 g/mol. The molecule has 0 fully saturated rings. The third-order valence-electron chi connectivity index (χ3n) is 2.91. The maximum absolute atomic E-state index is 11.2. The van der Waals surface area contributed by atoms with E-state index in [0.29, 0.717) is 25.5 Å². The highest BCUT2D eigenvalue weighted by Crippen LogP contribution is 2.19. The first-order valence-electron chi connectivity index (χ1n) is 6.73. The summed E-state index contributed by atoms with van der Waals surface area (Å²) in [6.45, 7) is 7.33. The number of methoxy groups -OCH3 is 1. The van der Waals surface area contributed by atoms with Crippen molar-refractivity contribution in [3.63, 3.8) is 0 Å². The second-order valence-electron chi connectivity index (χ2n) is 5.97. The van der Waals surface area contributed by atoms with Gasteiger partial charge in [0.15, 0.2) is 5.96 Å². The van der Waals surface area contributed by atoms with Crippen LogP contribution in [0.4, 0.5) is 0 Å². The molecule has 0 amide bonds. The predicted octanol–water partition coefficient (Wildman–Crippen LogP) is 0.647. The summed E-state index contributed by atoms with van der Waals surface area (Å²) in [6, 6.07) is 0.158. The summed E-state index contributed by atoms with van der Waals surface area (Å²) in [5, 5.41) is 6.43. The zero-order valence-electron chi connectivity index (χ0n) is 13.5. The van der Waals surface area contributed by atoms with E-state index in [1.807, 2.05) is 20.8 Å². The van der Waals surface area contributed by atoms with Crippen molar-refractivity contribution in [1.29, 1.82) is 0 Å². The summed E-state index contributed by atoms with van der Waals surface area (Å²) in [6.07, 6.45) is 1.88. The highest BCUT2D eigenvalue weighted by molar-refractivity contribution is 7.90. The van der Waals surface area contributed by atoms with Crippen LogP contribution in [0.25, 0.3) is 0 Å². The van der Waals surface area contributed by atoms with E-state index in [-0.39, 0.29) is 17.2 Å². The molecule has 120 valence electrons. The van der Waals surface area contributed by atoms with E-state index in [1.165, 1.54) is 6.26 Å². The molecule has 6 nitrogen and oxygen atoms in total. The van der Waals surface area contributed by atoms with Gasteiger partial charge in [-0.25, -0.2) is 8.42 Å². The number of ether oxygens (including phenoxy) is 1. The van der Waals surface area contributed by atoms with E-state index in [9.17, 15) is 8.42 Å². The Kier molecular flexibility index (Phi) is 8.12. The number of guanidine groups is 1. The van der Waals surface area contributed by atoms with Crippen LogP contribution in [0.2, 0.25) is 0 Å². The molecular formula is C13H29N3O3S. The standard InChI is InChI=1S/C13H29N3O3S/c1-11(9-19-5)16-12(14-4)15-10-13(2,3)7-8-20(6,17)18/h11H,7-10H2,1-6H3,(H2,14,15,16). The molecule has 0 aromatic rings. The minimum atomic E-state index is -2.92. The molecule has 0 aromatic carbocycles. The summed E-state index contributed by atoms with van der Waals surface area (Å²) in [7, 11) is 0.444. The van der Waals surface area contributed by atoms with Crippen LogP contribution in [-0.4, -0.2) is 59.7 Å². The second kappa shape index (κ2) is 8.46. The zero-order chi connectivity index (χ0) is 15.8. The van der Waals surface area contributed by atoms with E-state index in [4.69, 9.17) is 4.74 Å². The Balaban J connectivity index is 4.28. The number of aliphatic imine (C=N–C) groups is 1. The van der Waals surface area contributed by atoms with E-state index in [1.54, 1.807) is 14.2 Å². The van der Waals surface area contributed by atoms with E-state index < -0.39 is 9.84 Å². The maximum atomic E-state index is 11.2. The molecule has 1 atom stereocenters. The molecule has 0 saturated carbocycles. The lowest BCUT2D eigenvalue weighted by atomic mass is 9.90. The summed E-state index contributed by atoms with van der Waals surface area (Å²) in [4.78, 5) is 4.14. The summed E-state index contributed by atoms with van der Waals surface area (Å²) in [5.41, 5.74) is -0.120. The van der Waals surface area contributed by atoms with Crippen LogP contribution in [-0.2, 0) is 14.6 Å². The largest absolute Gasteiger partial charge is 0.383 e. The van der Waals surface area contributed by atoms with Gasteiger partial charge in [-0.15, -0.1) is 0 Å². The van der Waals surface area contributed by atoms with Crippen LogP contribution in [0.5, 0.6) is 0 Å². The quantitative estimate of drug-likeness (QED) is 0.508. The molecule has 20 heavy (non-hydrogen) atoms. The Hall–Kier alpha value is -0.820. The van der Waals surface area contributed by atoms with Gasteiger partial charge in [-0.1, -0.05) is 13.8 Å². The summed E-state index contributed by atoms with van der Waals surface area (Å²) in [5.74, 6) is 0.898. The highest BCUT2D eigenvalue weighted by Gasteiger charge is 2.20. The van der Waals surface area contributed by atoms with Crippen LogP contribution >= 0.6 is 0 Å². The number of hydrogen-bond acceptors (Lipinski definition) is 4. The smallest absolute Gasteiger partial charge is 0.191 e. The van der Waals surface area contributed by atoms with Crippen LogP contribution < -0.4 is 10.6 Å². The van der Waals surface area contributed by atoms with Gasteiger partial charge in [0.05, 0.1) is 12.4 Å². The number of sulfone groups is 1. The maximum Gasteiger partial charge on any atom is 0.191 e. The van der Waals surface area contributed by atoms with Crippen molar-refractivity contribution >= 4 is 15.8 Å². The topological polar surface area (TPSA) is 79.8 Å². The number of nitrogens with zero attached hydrogens (tertiary/aromatic N) is 1. The first kappa shape index (κ1) is 19.2. The number of nitrogens with one attached hydrogen (secondary N) is 2. The Bertz CT molecular complexity index is 405. The number of rotatable bonds is 8. The van der Waals surface area contributed by atoms with Crippen molar-refractivity contribution < 1.29 is 13.2 Å². The minimum Gasteiger partial charge on any atom is -0.383 e. The predicted molar refractivity (Wildman–Crippen MR) is 83.9 cm³/mol. The molecule has 0 radical (unpaired) electrons. The molecule has 0 aliphatic rings. The van der Waals surface area contributed by atoms with Crippen molar-refractivity contribution in [1.82, 2.24) is 10.6 Å². The van der Waals surface area contributed by atoms with Gasteiger partial charge in [0, 0.05) is 33.0 Å². The van der Waals surface area contributed by atoms with Crippen LogP contribution in [0, 0.1) is 5.41 Å². The number of hydrogen-bond donors (Lipinski definition) is 2. The van der Waals surface area contributed by atoms with Gasteiger partial charge < -0.3 is 15.4 Å². The highest BCUT2D eigenvalue weighted by atomic mass is 32.2. The molecule has 1 unspecified atom stereocenters. The van der Waals surface area contributed by atoms with Gasteiger partial charge in [-0.2, -0.15) is 0 Å². The Labute approximate surface area is 123 Å². The van der Waals surface area contributed by atoms with Crippen molar-refractivity contribution in [2.45, 2.75) is 33.2 Å². The van der Waals surface area contributed by atoms with Gasteiger partial charge in [0.25, 0.3) is 0 Å². The average molecular weight is 307 g/mol. The molecule has 0 bridgehead atoms. The molecule has 0 rings (SSSR count). The molecule has 0 spiro atoms. The molecule has 0 aliphatic carbocycles. The van der Waals surface area contributed by atoms with Crippen molar-refractivity contribution in [2.75, 3.05) is 39.3 Å². The first-order valence-corrected chi connectivity index (χ1v) is 8.79. The van der Waals surface area contributed by atoms with Crippen molar-refractivity contribution in [3.05, 3.63) is 0 Å². The Morgan fingerprint density at radius 1 is 1.40 bits per heavy atom. The lowest BCUT2D eigenvalue weighted by molar-refractivity contribution is 0.178. The fraction of sp³-hybridized carbons (Fsp3) is 0.923. The molecule has 0 aliphatic heterocycles. The van der Waals surface area contributed by atoms with Crippen LogP contribution in [0.1, 0.15) is 27.2 Å². The molecule has 7 heteroatoms. The molecule has 2 N–H and O–H groups in total. The Morgan fingerprint density at radius 3 is 2.45 bits per heavy atom. The molecule has 0 heterocycles. The van der Waals surface area contributed by atoms with Gasteiger partial charge in [-0.05, 0) is 18.8 Å². The van der Waals surface area contributed by atoms with Crippen LogP contribution in [0.15, 0.2) is 4.99 Å². The normalized spacial score (nSPS) is 15.0. The molecule has 0 aromatic heterocycles. The first-order chi connectivity index (χ1) is 9.09. The van der Waals surface area contributed by atoms with Gasteiger partial charge >= 0.3 is 0 Å². The fourth-order valence-corrected chi connectivity index (χ4v) is 2.52. The van der Waals surface area contributed by atoms with E-state index in [2.05, 4.69) is 15.6 Å². The summed E-state index contributed by atoms with van der Waals surface area (Å²) >= 11 is 0. The SMILES string of the molecule is CN=C(NCC(C)(C)CCS(C)(=O)=O)NC(C)COC. The third kappa shape index (κ3) is 10.0. The van der Waals surface area contributed by atoms with Crippen molar-refractivity contribution in [3.8, 4) is 0 Å². The lowest BCUT2D eigenvalue weighted by Gasteiger charge is -2.26. The molecule has 0 saturated heterocycles. The van der Waals surface area contributed by atoms with E-state index in [0.717, 1.165) is 0 Å². The van der Waals surface area contributed by atoms with Gasteiger partial charge in [0.1, 0.15) is 9.84 Å².